The van der Waals surface area contributed by atoms with Crippen molar-refractivity contribution in [3.8, 4) is 24.0 Å². The summed E-state index contributed by atoms with van der Waals surface area (Å²) in [5.41, 5.74) is 0.222. The van der Waals surface area contributed by atoms with Gasteiger partial charge in [0.15, 0.2) is 5.57 Å². The predicted molar refractivity (Wildman–Crippen MR) is 78.9 cm³/mol. The van der Waals surface area contributed by atoms with Crippen LogP contribution in [0.4, 0.5) is 5.69 Å². The lowest BCUT2D eigenvalue weighted by Crippen LogP contribution is -2.15. The molecule has 1 aromatic carbocycles. The van der Waals surface area contributed by atoms with Gasteiger partial charge in [-0.15, -0.1) is 0 Å². The lowest BCUT2D eigenvalue weighted by atomic mass is 10.2. The second-order valence-corrected chi connectivity index (χ2v) is 4.26. The van der Waals surface area contributed by atoms with E-state index >= 15 is 0 Å². The summed E-state index contributed by atoms with van der Waals surface area (Å²) >= 11 is 0. The smallest absolute Gasteiger partial charge is 0.163 e. The Balaban J connectivity index is 3.11. The molecule has 5 nitrogen and oxygen atoms in total. The van der Waals surface area contributed by atoms with E-state index in [9.17, 15) is 0 Å². The van der Waals surface area contributed by atoms with Crippen molar-refractivity contribution in [1.82, 2.24) is 0 Å². The highest BCUT2D eigenvalue weighted by Crippen LogP contribution is 2.27. The third-order valence-corrected chi connectivity index (χ3v) is 2.94. The average molecular weight is 280 g/mol. The number of nitrogens with zero attached hydrogens (tertiary/aromatic N) is 3. The summed E-state index contributed by atoms with van der Waals surface area (Å²) in [7, 11) is 0. The molecule has 0 aliphatic rings. The third kappa shape index (κ3) is 4.27. The molecule has 0 unspecified atom stereocenters. The number of para-hydroxylation sites is 2. The second kappa shape index (κ2) is 8.25. The summed E-state index contributed by atoms with van der Waals surface area (Å²) in [5, 5.41) is 29.6. The maximum Gasteiger partial charge on any atom is 0.163 e. The zero-order chi connectivity index (χ0) is 15.7. The molecule has 0 atom stereocenters. The molecular formula is C16H16N4O. The molecule has 0 saturated carbocycles. The van der Waals surface area contributed by atoms with Crippen molar-refractivity contribution in [2.45, 2.75) is 32.8 Å². The molecule has 0 aliphatic heterocycles. The lowest BCUT2D eigenvalue weighted by molar-refractivity contribution is 0.194. The van der Waals surface area contributed by atoms with Gasteiger partial charge in [0.2, 0.25) is 0 Å². The minimum Gasteiger partial charge on any atom is -0.488 e. The summed E-state index contributed by atoms with van der Waals surface area (Å²) in [6, 6.07) is 12.4. The van der Waals surface area contributed by atoms with Gasteiger partial charge in [0.1, 0.15) is 29.7 Å². The molecule has 0 radical (unpaired) electrons. The number of allylic oxidation sites excluding steroid dienone is 2. The van der Waals surface area contributed by atoms with Gasteiger partial charge in [-0.05, 0) is 25.0 Å². The number of anilines is 1. The molecule has 0 fully saturated rings. The van der Waals surface area contributed by atoms with Crippen LogP contribution in [0.5, 0.6) is 5.75 Å². The van der Waals surface area contributed by atoms with Crippen LogP contribution in [0, 0.1) is 34.0 Å². The van der Waals surface area contributed by atoms with Crippen molar-refractivity contribution < 1.29 is 4.74 Å². The van der Waals surface area contributed by atoms with Crippen LogP contribution in [-0.4, -0.2) is 6.10 Å². The number of nitrogens with one attached hydrogen (secondary N) is 1. The molecule has 1 aromatic rings. The van der Waals surface area contributed by atoms with Crippen molar-refractivity contribution in [2.75, 3.05) is 5.32 Å². The first-order chi connectivity index (χ1) is 10.2. The molecule has 1 N–H and O–H groups in total. The van der Waals surface area contributed by atoms with Crippen molar-refractivity contribution in [1.29, 1.82) is 15.8 Å². The van der Waals surface area contributed by atoms with Crippen molar-refractivity contribution in [3.63, 3.8) is 0 Å². The predicted octanol–water partition coefficient (Wildman–Crippen LogP) is 3.49. The standard InChI is InChI=1S/C16H16N4O/c1-3-13(4-2)21-16-8-6-5-7-14(16)20-15(11-19)12(9-17)10-18/h5-8,13,20H,3-4H2,1-2H3. The zero-order valence-corrected chi connectivity index (χ0v) is 12.1. The molecule has 21 heavy (non-hydrogen) atoms. The molecule has 0 saturated heterocycles. The molecule has 0 bridgehead atoms. The Hall–Kier alpha value is -2.97. The summed E-state index contributed by atoms with van der Waals surface area (Å²) in [6.45, 7) is 4.07. The van der Waals surface area contributed by atoms with Gasteiger partial charge in [-0.3, -0.25) is 0 Å². The molecule has 5 heteroatoms. The molecular weight excluding hydrogens is 264 g/mol. The highest BCUT2D eigenvalue weighted by atomic mass is 16.5. The Morgan fingerprint density at radius 3 is 2.24 bits per heavy atom. The topological polar surface area (TPSA) is 92.6 Å². The second-order valence-electron chi connectivity index (χ2n) is 4.26. The number of rotatable bonds is 6. The van der Waals surface area contributed by atoms with Crippen LogP contribution >= 0.6 is 0 Å². The molecule has 106 valence electrons. The largest absolute Gasteiger partial charge is 0.488 e. The van der Waals surface area contributed by atoms with E-state index in [2.05, 4.69) is 5.32 Å². The van der Waals surface area contributed by atoms with Crippen LogP contribution in [0.25, 0.3) is 0 Å². The summed E-state index contributed by atoms with van der Waals surface area (Å²) in [5.74, 6) is 0.592. The van der Waals surface area contributed by atoms with Gasteiger partial charge in [-0.25, -0.2) is 0 Å². The van der Waals surface area contributed by atoms with Crippen LogP contribution in [0.3, 0.4) is 0 Å². The van der Waals surface area contributed by atoms with E-state index < -0.39 is 0 Å². The minimum atomic E-state index is -0.255. The summed E-state index contributed by atoms with van der Waals surface area (Å²) < 4.78 is 5.88. The average Bonchev–Trinajstić information content (AvgIpc) is 2.53. The molecule has 0 aliphatic carbocycles. The Morgan fingerprint density at radius 2 is 1.71 bits per heavy atom. The first kappa shape index (κ1) is 16.1. The number of hydrogen-bond acceptors (Lipinski definition) is 5. The third-order valence-electron chi connectivity index (χ3n) is 2.94. The fourth-order valence-electron chi connectivity index (χ4n) is 1.73. The van der Waals surface area contributed by atoms with Gasteiger partial charge >= 0.3 is 0 Å². The Morgan fingerprint density at radius 1 is 1.10 bits per heavy atom. The van der Waals surface area contributed by atoms with Gasteiger partial charge in [-0.2, -0.15) is 15.8 Å². The number of benzene rings is 1. The fraction of sp³-hybridized carbons (Fsp3) is 0.312. The van der Waals surface area contributed by atoms with Gasteiger partial charge in [0.25, 0.3) is 0 Å². The molecule has 0 heterocycles. The van der Waals surface area contributed by atoms with Crippen molar-refractivity contribution in [3.05, 3.63) is 35.5 Å². The summed E-state index contributed by atoms with van der Waals surface area (Å²) in [4.78, 5) is 0. The Kier molecular flexibility index (Phi) is 6.32. The van der Waals surface area contributed by atoms with Crippen LogP contribution in [0.2, 0.25) is 0 Å². The van der Waals surface area contributed by atoms with E-state index in [1.54, 1.807) is 30.3 Å². The molecule has 0 amide bonds. The lowest BCUT2D eigenvalue weighted by Gasteiger charge is -2.18. The van der Waals surface area contributed by atoms with E-state index in [-0.39, 0.29) is 17.4 Å². The maximum atomic E-state index is 9.07. The highest BCUT2D eigenvalue weighted by molar-refractivity contribution is 5.64. The number of nitriles is 3. The molecule has 0 spiro atoms. The summed E-state index contributed by atoms with van der Waals surface area (Å²) in [6.07, 6.45) is 1.81. The SMILES string of the molecule is CCC(CC)Oc1ccccc1NC(C#N)=C(C#N)C#N. The van der Waals surface area contributed by atoms with Crippen LogP contribution in [0.1, 0.15) is 26.7 Å². The number of ether oxygens (including phenoxy) is 1. The van der Waals surface area contributed by atoms with Gasteiger partial charge in [0, 0.05) is 0 Å². The van der Waals surface area contributed by atoms with Crippen LogP contribution in [0.15, 0.2) is 35.5 Å². The quantitative estimate of drug-likeness (QED) is 0.805. The minimum absolute atomic E-state index is 0.0777. The zero-order valence-electron chi connectivity index (χ0n) is 12.1. The van der Waals surface area contributed by atoms with Gasteiger partial charge in [0.05, 0.1) is 11.8 Å². The maximum absolute atomic E-state index is 9.07. The van der Waals surface area contributed by atoms with E-state index in [1.807, 2.05) is 26.0 Å². The van der Waals surface area contributed by atoms with Gasteiger partial charge in [-0.1, -0.05) is 26.0 Å². The Bertz CT molecular complexity index is 623. The number of hydrogen-bond donors (Lipinski definition) is 1. The van der Waals surface area contributed by atoms with E-state index in [1.165, 1.54) is 0 Å². The molecule has 1 rings (SSSR count). The van der Waals surface area contributed by atoms with Crippen LogP contribution < -0.4 is 10.1 Å². The normalized spacial score (nSPS) is 9.14. The fourth-order valence-corrected chi connectivity index (χ4v) is 1.73. The van der Waals surface area contributed by atoms with E-state index in [4.69, 9.17) is 20.5 Å². The van der Waals surface area contributed by atoms with E-state index in [0.29, 0.717) is 11.4 Å². The van der Waals surface area contributed by atoms with E-state index in [0.717, 1.165) is 12.8 Å². The van der Waals surface area contributed by atoms with Crippen molar-refractivity contribution >= 4 is 5.69 Å². The van der Waals surface area contributed by atoms with Crippen molar-refractivity contribution in [2.24, 2.45) is 0 Å². The highest BCUT2D eigenvalue weighted by Gasteiger charge is 2.12. The monoisotopic (exact) mass is 280 g/mol. The van der Waals surface area contributed by atoms with Gasteiger partial charge < -0.3 is 10.1 Å². The molecule has 0 aromatic heterocycles. The first-order valence-corrected chi connectivity index (χ1v) is 6.67. The van der Waals surface area contributed by atoms with Crippen LogP contribution in [-0.2, 0) is 0 Å². The Labute approximate surface area is 124 Å². The first-order valence-electron chi connectivity index (χ1n) is 6.67.